The minimum absolute atomic E-state index is 0.166. The molecule has 0 saturated heterocycles. The number of methoxy groups -OCH3 is 4. The number of amides is 1. The molecule has 7 heteroatoms. The van der Waals surface area contributed by atoms with E-state index in [0.717, 1.165) is 12.8 Å². The zero-order chi connectivity index (χ0) is 17.7. The quantitative estimate of drug-likeness (QED) is 0.674. The Morgan fingerprint density at radius 3 is 2.04 bits per heavy atom. The smallest absolute Gasteiger partial charge is 0.307 e. The molecule has 0 aromatic heterocycles. The number of nitrogens with zero attached hydrogens (tertiary/aromatic N) is 1. The number of hydrogen-bond donors (Lipinski definition) is 0. The van der Waals surface area contributed by atoms with Crippen LogP contribution < -0.4 is 14.2 Å². The average molecular weight is 337 g/mol. The molecule has 1 amide bonds. The summed E-state index contributed by atoms with van der Waals surface area (Å²) in [6.45, 7) is 0.326. The van der Waals surface area contributed by atoms with Gasteiger partial charge in [0.25, 0.3) is 5.91 Å². The van der Waals surface area contributed by atoms with Crippen LogP contribution in [0.25, 0.3) is 0 Å². The second-order valence-electron chi connectivity index (χ2n) is 5.47. The van der Waals surface area contributed by atoms with Crippen molar-refractivity contribution < 1.29 is 28.5 Å². The molecule has 0 unspecified atom stereocenters. The molecule has 24 heavy (non-hydrogen) atoms. The summed E-state index contributed by atoms with van der Waals surface area (Å²) < 4.78 is 20.5. The summed E-state index contributed by atoms with van der Waals surface area (Å²) in [6.07, 6.45) is 2.05. The standard InChI is InChI=1S/C17H23NO6/c1-21-13-9-11(10-14(22-2)16(13)24-4)17(20)18(12-5-6-12)8-7-15(19)23-3/h9-10,12H,5-8H2,1-4H3. The van der Waals surface area contributed by atoms with E-state index in [1.165, 1.54) is 28.4 Å². The third-order valence-corrected chi connectivity index (χ3v) is 3.94. The minimum atomic E-state index is -0.335. The lowest BCUT2D eigenvalue weighted by Gasteiger charge is -2.23. The maximum Gasteiger partial charge on any atom is 0.307 e. The molecule has 1 aromatic carbocycles. The van der Waals surface area contributed by atoms with E-state index in [1.54, 1.807) is 17.0 Å². The summed E-state index contributed by atoms with van der Waals surface area (Å²) in [5.41, 5.74) is 0.432. The van der Waals surface area contributed by atoms with Crippen LogP contribution in [0.1, 0.15) is 29.6 Å². The predicted octanol–water partition coefficient (Wildman–Crippen LogP) is 1.88. The van der Waals surface area contributed by atoms with Gasteiger partial charge in [0.05, 0.1) is 34.9 Å². The van der Waals surface area contributed by atoms with Gasteiger partial charge in [0, 0.05) is 18.2 Å². The molecule has 1 fully saturated rings. The van der Waals surface area contributed by atoms with Gasteiger partial charge >= 0.3 is 5.97 Å². The third kappa shape index (κ3) is 3.90. The first-order chi connectivity index (χ1) is 11.5. The third-order valence-electron chi connectivity index (χ3n) is 3.94. The van der Waals surface area contributed by atoms with E-state index in [1.807, 2.05) is 0 Å². The van der Waals surface area contributed by atoms with Gasteiger partial charge in [-0.05, 0) is 25.0 Å². The predicted molar refractivity (Wildman–Crippen MR) is 86.8 cm³/mol. The monoisotopic (exact) mass is 337 g/mol. The number of carbonyl (C=O) groups is 2. The van der Waals surface area contributed by atoms with Gasteiger partial charge in [0.15, 0.2) is 11.5 Å². The van der Waals surface area contributed by atoms with Crippen LogP contribution in [0.3, 0.4) is 0 Å². The van der Waals surface area contributed by atoms with Crippen LogP contribution in [-0.2, 0) is 9.53 Å². The van der Waals surface area contributed by atoms with E-state index in [2.05, 4.69) is 4.74 Å². The van der Waals surface area contributed by atoms with E-state index in [-0.39, 0.29) is 24.3 Å². The summed E-state index contributed by atoms with van der Waals surface area (Å²) in [4.78, 5) is 26.0. The van der Waals surface area contributed by atoms with Gasteiger partial charge in [0.2, 0.25) is 5.75 Å². The van der Waals surface area contributed by atoms with E-state index in [9.17, 15) is 9.59 Å². The first kappa shape index (κ1) is 17.9. The Labute approximate surface area is 141 Å². The van der Waals surface area contributed by atoms with Crippen molar-refractivity contribution in [3.05, 3.63) is 17.7 Å². The van der Waals surface area contributed by atoms with Crippen molar-refractivity contribution in [2.24, 2.45) is 0 Å². The van der Waals surface area contributed by atoms with E-state index in [0.29, 0.717) is 29.4 Å². The fourth-order valence-corrected chi connectivity index (χ4v) is 2.52. The zero-order valence-electron chi connectivity index (χ0n) is 14.5. The Morgan fingerprint density at radius 2 is 1.62 bits per heavy atom. The fourth-order valence-electron chi connectivity index (χ4n) is 2.52. The Morgan fingerprint density at radius 1 is 1.04 bits per heavy atom. The second kappa shape index (κ2) is 7.90. The number of rotatable bonds is 8. The van der Waals surface area contributed by atoms with Gasteiger partial charge in [-0.3, -0.25) is 9.59 Å². The normalized spacial score (nSPS) is 13.2. The molecule has 2 rings (SSSR count). The van der Waals surface area contributed by atoms with Gasteiger partial charge in [-0.1, -0.05) is 0 Å². The number of esters is 1. The van der Waals surface area contributed by atoms with Crippen LogP contribution >= 0.6 is 0 Å². The molecule has 0 heterocycles. The Kier molecular flexibility index (Phi) is 5.89. The average Bonchev–Trinajstić information content (AvgIpc) is 3.44. The largest absolute Gasteiger partial charge is 0.493 e. The van der Waals surface area contributed by atoms with Gasteiger partial charge < -0.3 is 23.8 Å². The summed E-state index contributed by atoms with van der Waals surface area (Å²) in [7, 11) is 5.85. The maximum absolute atomic E-state index is 12.9. The number of benzene rings is 1. The van der Waals surface area contributed by atoms with E-state index < -0.39 is 0 Å². The van der Waals surface area contributed by atoms with Crippen LogP contribution in [0.15, 0.2) is 12.1 Å². The summed E-state index contributed by atoms with van der Waals surface area (Å²) in [6, 6.07) is 3.41. The van der Waals surface area contributed by atoms with Gasteiger partial charge in [-0.15, -0.1) is 0 Å². The number of ether oxygens (including phenoxy) is 4. The maximum atomic E-state index is 12.9. The molecular weight excluding hydrogens is 314 g/mol. The molecule has 132 valence electrons. The molecule has 0 spiro atoms. The Bertz CT molecular complexity index is 586. The second-order valence-corrected chi connectivity index (χ2v) is 5.47. The molecule has 0 bridgehead atoms. The summed E-state index contributed by atoms with van der Waals surface area (Å²) in [5, 5.41) is 0. The topological polar surface area (TPSA) is 74.3 Å². The Balaban J connectivity index is 2.27. The van der Waals surface area contributed by atoms with Crippen LogP contribution in [0.2, 0.25) is 0 Å². The highest BCUT2D eigenvalue weighted by Gasteiger charge is 2.34. The molecular formula is C17H23NO6. The van der Waals surface area contributed by atoms with Crippen molar-refractivity contribution in [3.63, 3.8) is 0 Å². The molecule has 0 N–H and O–H groups in total. The summed E-state index contributed by atoms with van der Waals surface area (Å²) >= 11 is 0. The van der Waals surface area contributed by atoms with Crippen molar-refractivity contribution in [2.45, 2.75) is 25.3 Å². The highest BCUT2D eigenvalue weighted by Crippen LogP contribution is 2.39. The van der Waals surface area contributed by atoms with Crippen LogP contribution in [0.5, 0.6) is 17.2 Å². The molecule has 7 nitrogen and oxygen atoms in total. The van der Waals surface area contributed by atoms with Gasteiger partial charge in [-0.25, -0.2) is 0 Å². The van der Waals surface area contributed by atoms with Gasteiger partial charge in [-0.2, -0.15) is 0 Å². The lowest BCUT2D eigenvalue weighted by atomic mass is 10.1. The Hall–Kier alpha value is -2.44. The van der Waals surface area contributed by atoms with Crippen molar-refractivity contribution in [1.82, 2.24) is 4.90 Å². The first-order valence-corrected chi connectivity index (χ1v) is 7.73. The number of carbonyl (C=O) groups excluding carboxylic acids is 2. The highest BCUT2D eigenvalue weighted by atomic mass is 16.5. The van der Waals surface area contributed by atoms with Crippen LogP contribution in [0.4, 0.5) is 0 Å². The highest BCUT2D eigenvalue weighted by molar-refractivity contribution is 5.96. The van der Waals surface area contributed by atoms with Crippen LogP contribution in [-0.4, -0.2) is 57.8 Å². The molecule has 0 atom stereocenters. The molecule has 1 aliphatic carbocycles. The molecule has 0 aliphatic heterocycles. The first-order valence-electron chi connectivity index (χ1n) is 7.73. The SMILES string of the molecule is COC(=O)CCN(C(=O)c1cc(OC)c(OC)c(OC)c1)C1CC1. The van der Waals surface area contributed by atoms with Crippen molar-refractivity contribution >= 4 is 11.9 Å². The molecule has 1 saturated carbocycles. The van der Waals surface area contributed by atoms with Gasteiger partial charge in [0.1, 0.15) is 0 Å². The van der Waals surface area contributed by atoms with Crippen molar-refractivity contribution in [2.75, 3.05) is 35.0 Å². The lowest BCUT2D eigenvalue weighted by molar-refractivity contribution is -0.140. The van der Waals surface area contributed by atoms with E-state index >= 15 is 0 Å². The molecule has 1 aromatic rings. The molecule has 1 aliphatic rings. The van der Waals surface area contributed by atoms with Crippen molar-refractivity contribution in [3.8, 4) is 17.2 Å². The lowest BCUT2D eigenvalue weighted by Crippen LogP contribution is -2.35. The van der Waals surface area contributed by atoms with Crippen molar-refractivity contribution in [1.29, 1.82) is 0 Å². The van der Waals surface area contributed by atoms with Crippen LogP contribution in [0, 0.1) is 0 Å². The molecule has 0 radical (unpaired) electrons. The number of hydrogen-bond acceptors (Lipinski definition) is 6. The van der Waals surface area contributed by atoms with E-state index in [4.69, 9.17) is 14.2 Å². The zero-order valence-corrected chi connectivity index (χ0v) is 14.5. The summed E-state index contributed by atoms with van der Waals surface area (Å²) in [5.74, 6) is 0.774. The fraction of sp³-hybridized carbons (Fsp3) is 0.529. The minimum Gasteiger partial charge on any atom is -0.493 e.